The first-order valence-electron chi connectivity index (χ1n) is 5.67. The van der Waals surface area contributed by atoms with Gasteiger partial charge < -0.3 is 9.88 Å². The Bertz CT molecular complexity index is 551. The minimum Gasteiger partial charge on any atom is -0.352 e. The second kappa shape index (κ2) is 5.99. The minimum absolute atomic E-state index is 0.0331. The topological polar surface area (TPSA) is 46.9 Å². The van der Waals surface area contributed by atoms with Crippen molar-refractivity contribution in [3.8, 4) is 0 Å². The average molecular weight is 355 g/mol. The van der Waals surface area contributed by atoms with E-state index in [1.54, 1.807) is 6.20 Å². The first-order valence-corrected chi connectivity index (χ1v) is 6.75. The molecule has 0 saturated carbocycles. The largest absolute Gasteiger partial charge is 0.352 e. The fraction of sp³-hybridized carbons (Fsp3) is 0.231. The lowest BCUT2D eigenvalue weighted by Crippen LogP contribution is -2.27. The van der Waals surface area contributed by atoms with E-state index in [4.69, 9.17) is 0 Å². The Hall–Kier alpha value is -1.37. The molecule has 0 radical (unpaired) electrons. The number of imidazole rings is 1. The van der Waals surface area contributed by atoms with Crippen molar-refractivity contribution in [2.75, 3.05) is 6.54 Å². The fourth-order valence-electron chi connectivity index (χ4n) is 1.67. The number of hydrogen-bond acceptors (Lipinski definition) is 2. The van der Waals surface area contributed by atoms with E-state index in [1.807, 2.05) is 42.1 Å². The summed E-state index contributed by atoms with van der Waals surface area (Å²) in [4.78, 5) is 16.1. The highest BCUT2D eigenvalue weighted by Gasteiger charge is 2.08. The number of nitrogens with zero attached hydrogens (tertiary/aromatic N) is 2. The van der Waals surface area contributed by atoms with Gasteiger partial charge in [0.15, 0.2) is 0 Å². The van der Waals surface area contributed by atoms with Gasteiger partial charge in [0.25, 0.3) is 5.91 Å². The Morgan fingerprint density at radius 3 is 2.89 bits per heavy atom. The summed E-state index contributed by atoms with van der Waals surface area (Å²) < 4.78 is 2.92. The van der Waals surface area contributed by atoms with E-state index in [-0.39, 0.29) is 5.91 Å². The normalized spacial score (nSPS) is 10.3. The highest BCUT2D eigenvalue weighted by molar-refractivity contribution is 14.1. The van der Waals surface area contributed by atoms with Crippen molar-refractivity contribution >= 4 is 28.5 Å². The summed E-state index contributed by atoms with van der Waals surface area (Å²) in [6.45, 7) is 0.592. The summed E-state index contributed by atoms with van der Waals surface area (Å²) in [5.74, 6) is 0.937. The van der Waals surface area contributed by atoms with Gasteiger partial charge in [-0.25, -0.2) is 4.98 Å². The van der Waals surface area contributed by atoms with Gasteiger partial charge in [-0.2, -0.15) is 0 Å². The minimum atomic E-state index is -0.0331. The van der Waals surface area contributed by atoms with Crippen LogP contribution in [0.3, 0.4) is 0 Å². The smallest absolute Gasteiger partial charge is 0.252 e. The van der Waals surface area contributed by atoms with Gasteiger partial charge >= 0.3 is 0 Å². The molecule has 94 valence electrons. The maximum Gasteiger partial charge on any atom is 0.252 e. The highest BCUT2D eigenvalue weighted by atomic mass is 127. The Morgan fingerprint density at radius 2 is 2.22 bits per heavy atom. The molecule has 0 aliphatic rings. The van der Waals surface area contributed by atoms with E-state index < -0.39 is 0 Å². The van der Waals surface area contributed by atoms with Crippen LogP contribution in [-0.2, 0) is 13.5 Å². The highest BCUT2D eigenvalue weighted by Crippen LogP contribution is 2.10. The lowest BCUT2D eigenvalue weighted by atomic mass is 10.2. The molecular formula is C13H14IN3O. The van der Waals surface area contributed by atoms with Gasteiger partial charge in [-0.05, 0) is 34.7 Å². The molecule has 0 saturated heterocycles. The Labute approximate surface area is 120 Å². The summed E-state index contributed by atoms with van der Waals surface area (Å²) in [6, 6.07) is 7.55. The molecule has 0 unspecified atom stereocenters. The molecule has 4 nitrogen and oxygen atoms in total. The van der Waals surface area contributed by atoms with Crippen LogP contribution in [-0.4, -0.2) is 22.0 Å². The van der Waals surface area contributed by atoms with Crippen LogP contribution in [0.2, 0.25) is 0 Å². The number of rotatable bonds is 4. The maximum atomic E-state index is 11.9. The van der Waals surface area contributed by atoms with Crippen molar-refractivity contribution in [2.45, 2.75) is 6.42 Å². The van der Waals surface area contributed by atoms with Crippen LogP contribution in [0.1, 0.15) is 16.2 Å². The van der Waals surface area contributed by atoms with Crippen LogP contribution in [0.25, 0.3) is 0 Å². The SMILES string of the molecule is Cn1ccnc1CCNC(=O)c1ccccc1I. The molecule has 0 atom stereocenters. The van der Waals surface area contributed by atoms with Gasteiger partial charge in [0, 0.05) is 36.0 Å². The van der Waals surface area contributed by atoms with E-state index in [0.717, 1.165) is 21.4 Å². The number of aromatic nitrogens is 2. The molecule has 1 N–H and O–H groups in total. The van der Waals surface area contributed by atoms with Crippen molar-refractivity contribution in [3.63, 3.8) is 0 Å². The molecule has 1 heterocycles. The van der Waals surface area contributed by atoms with E-state index in [2.05, 4.69) is 32.9 Å². The van der Waals surface area contributed by atoms with E-state index in [9.17, 15) is 4.79 Å². The van der Waals surface area contributed by atoms with Gasteiger partial charge in [0.2, 0.25) is 0 Å². The second-order valence-corrected chi connectivity index (χ2v) is 5.10. The third-order valence-corrected chi connectivity index (χ3v) is 3.61. The second-order valence-electron chi connectivity index (χ2n) is 3.94. The molecule has 1 amide bonds. The molecule has 1 aromatic carbocycles. The summed E-state index contributed by atoms with van der Waals surface area (Å²) in [7, 11) is 1.95. The monoisotopic (exact) mass is 355 g/mol. The van der Waals surface area contributed by atoms with Gasteiger partial charge in [0.1, 0.15) is 5.82 Å². The summed E-state index contributed by atoms with van der Waals surface area (Å²) in [5, 5.41) is 2.91. The third-order valence-electron chi connectivity index (χ3n) is 2.67. The Balaban J connectivity index is 1.90. The Morgan fingerprint density at radius 1 is 1.44 bits per heavy atom. The molecule has 0 bridgehead atoms. The molecule has 1 aromatic heterocycles. The number of benzene rings is 1. The van der Waals surface area contributed by atoms with Crippen molar-refractivity contribution in [2.24, 2.45) is 7.05 Å². The first-order chi connectivity index (χ1) is 8.68. The summed E-state index contributed by atoms with van der Waals surface area (Å²) in [6.07, 6.45) is 4.40. The zero-order valence-corrected chi connectivity index (χ0v) is 12.2. The molecule has 0 fully saturated rings. The predicted octanol–water partition coefficient (Wildman–Crippen LogP) is 2.00. The van der Waals surface area contributed by atoms with Gasteiger partial charge in [-0.3, -0.25) is 4.79 Å². The van der Waals surface area contributed by atoms with Crippen LogP contribution in [0.5, 0.6) is 0 Å². The number of hydrogen-bond donors (Lipinski definition) is 1. The molecule has 18 heavy (non-hydrogen) atoms. The summed E-state index contributed by atoms with van der Waals surface area (Å²) in [5.41, 5.74) is 0.720. The van der Waals surface area contributed by atoms with Crippen LogP contribution in [0.4, 0.5) is 0 Å². The third kappa shape index (κ3) is 3.10. The lowest BCUT2D eigenvalue weighted by Gasteiger charge is -2.06. The first kappa shape index (κ1) is 13.1. The molecule has 2 aromatic rings. The van der Waals surface area contributed by atoms with Crippen molar-refractivity contribution in [1.29, 1.82) is 0 Å². The zero-order chi connectivity index (χ0) is 13.0. The van der Waals surface area contributed by atoms with Crippen LogP contribution >= 0.6 is 22.6 Å². The number of carbonyl (C=O) groups is 1. The number of aryl methyl sites for hydroxylation is 1. The fourth-order valence-corrected chi connectivity index (χ4v) is 2.30. The van der Waals surface area contributed by atoms with Gasteiger partial charge in [0.05, 0.1) is 5.56 Å². The van der Waals surface area contributed by atoms with Crippen LogP contribution in [0.15, 0.2) is 36.7 Å². The molecule has 0 spiro atoms. The number of nitrogens with one attached hydrogen (secondary N) is 1. The standard InChI is InChI=1S/C13H14IN3O/c1-17-9-8-15-12(17)6-7-16-13(18)10-4-2-3-5-11(10)14/h2-5,8-9H,6-7H2,1H3,(H,16,18). The van der Waals surface area contributed by atoms with E-state index >= 15 is 0 Å². The van der Waals surface area contributed by atoms with E-state index in [0.29, 0.717) is 6.54 Å². The average Bonchev–Trinajstić information content (AvgIpc) is 2.75. The molecule has 0 aliphatic carbocycles. The van der Waals surface area contributed by atoms with E-state index in [1.165, 1.54) is 0 Å². The zero-order valence-electron chi connectivity index (χ0n) is 10.1. The quantitative estimate of drug-likeness (QED) is 0.853. The molecular weight excluding hydrogens is 341 g/mol. The predicted molar refractivity (Wildman–Crippen MR) is 78.4 cm³/mol. The molecule has 5 heteroatoms. The van der Waals surface area contributed by atoms with Crippen LogP contribution in [0, 0.1) is 3.57 Å². The number of amides is 1. The van der Waals surface area contributed by atoms with Crippen LogP contribution < -0.4 is 5.32 Å². The van der Waals surface area contributed by atoms with Crippen molar-refractivity contribution in [1.82, 2.24) is 14.9 Å². The molecule has 2 rings (SSSR count). The Kier molecular flexibility index (Phi) is 4.35. The lowest BCUT2D eigenvalue weighted by molar-refractivity contribution is 0.0953. The summed E-state index contributed by atoms with van der Waals surface area (Å²) >= 11 is 2.17. The maximum absolute atomic E-state index is 11.9. The van der Waals surface area contributed by atoms with Gasteiger partial charge in [-0.1, -0.05) is 12.1 Å². The van der Waals surface area contributed by atoms with Crippen molar-refractivity contribution in [3.05, 3.63) is 51.6 Å². The number of carbonyl (C=O) groups excluding carboxylic acids is 1. The number of halogens is 1. The van der Waals surface area contributed by atoms with Crippen molar-refractivity contribution < 1.29 is 4.79 Å². The molecule has 0 aliphatic heterocycles. The van der Waals surface area contributed by atoms with Gasteiger partial charge in [-0.15, -0.1) is 0 Å².